The molecule has 4 aliphatic rings. The molecule has 2 aliphatic carbocycles. The molecule has 27 heavy (non-hydrogen) atoms. The molecule has 2 heterocycles. The monoisotopic (exact) mass is 367 g/mol. The highest BCUT2D eigenvalue weighted by Crippen LogP contribution is 2.43. The summed E-state index contributed by atoms with van der Waals surface area (Å²) in [5.41, 5.74) is 3.52. The van der Waals surface area contributed by atoms with Gasteiger partial charge in [0.25, 0.3) is 0 Å². The Balaban J connectivity index is 1.10. The molecule has 0 unspecified atom stereocenters. The van der Waals surface area contributed by atoms with Crippen molar-refractivity contribution in [3.8, 4) is 0 Å². The summed E-state index contributed by atoms with van der Waals surface area (Å²) in [6.07, 6.45) is 14.2. The van der Waals surface area contributed by atoms with Crippen LogP contribution in [0.3, 0.4) is 0 Å². The largest absolute Gasteiger partial charge is 0.371 e. The van der Waals surface area contributed by atoms with Crippen molar-refractivity contribution >= 4 is 5.69 Å². The lowest BCUT2D eigenvalue weighted by molar-refractivity contribution is 0.0306. The number of anilines is 1. The maximum absolute atomic E-state index is 3.68. The highest BCUT2D eigenvalue weighted by Gasteiger charge is 2.39. The molecule has 3 nitrogen and oxygen atoms in total. The Kier molecular flexibility index (Phi) is 5.17. The SMILES string of the molecule is c1cc(N2CCC3(CC2)CCN(C2CCC2)CC3)ccc1CNC1CCC1. The average Bonchev–Trinajstić information content (AvgIpc) is 2.63. The van der Waals surface area contributed by atoms with Crippen molar-refractivity contribution in [3.63, 3.8) is 0 Å². The van der Waals surface area contributed by atoms with Gasteiger partial charge in [-0.25, -0.2) is 0 Å². The fourth-order valence-electron chi connectivity index (χ4n) is 5.55. The van der Waals surface area contributed by atoms with Gasteiger partial charge in [-0.2, -0.15) is 0 Å². The fraction of sp³-hybridized carbons (Fsp3) is 0.750. The molecule has 0 radical (unpaired) electrons. The molecule has 2 saturated carbocycles. The number of piperidine rings is 2. The average molecular weight is 368 g/mol. The Morgan fingerprint density at radius 2 is 1.44 bits per heavy atom. The van der Waals surface area contributed by atoms with Gasteiger partial charge in [-0.15, -0.1) is 0 Å². The number of rotatable bonds is 5. The Bertz CT molecular complexity index is 599. The van der Waals surface area contributed by atoms with Crippen LogP contribution in [0.1, 0.15) is 69.8 Å². The molecule has 1 spiro atoms. The van der Waals surface area contributed by atoms with E-state index in [0.717, 1.165) is 18.6 Å². The smallest absolute Gasteiger partial charge is 0.0366 e. The predicted octanol–water partition coefficient (Wildman–Crippen LogP) is 4.56. The van der Waals surface area contributed by atoms with E-state index in [0.29, 0.717) is 5.41 Å². The van der Waals surface area contributed by atoms with Gasteiger partial charge in [0.2, 0.25) is 0 Å². The summed E-state index contributed by atoms with van der Waals surface area (Å²) in [5, 5.41) is 3.68. The molecule has 148 valence electrons. The third kappa shape index (κ3) is 3.91. The maximum Gasteiger partial charge on any atom is 0.0366 e. The highest BCUT2D eigenvalue weighted by atomic mass is 15.2. The topological polar surface area (TPSA) is 18.5 Å². The van der Waals surface area contributed by atoms with Crippen molar-refractivity contribution in [2.24, 2.45) is 5.41 Å². The third-order valence-corrected chi connectivity index (χ3v) is 8.28. The van der Waals surface area contributed by atoms with Crippen LogP contribution in [0.5, 0.6) is 0 Å². The minimum Gasteiger partial charge on any atom is -0.371 e. The molecule has 0 aromatic heterocycles. The first-order valence-electron chi connectivity index (χ1n) is 11.6. The Labute approximate surface area is 165 Å². The van der Waals surface area contributed by atoms with Gasteiger partial charge in [0.05, 0.1) is 0 Å². The molecule has 4 fully saturated rings. The van der Waals surface area contributed by atoms with Crippen LogP contribution in [0.4, 0.5) is 5.69 Å². The van der Waals surface area contributed by atoms with Gasteiger partial charge >= 0.3 is 0 Å². The summed E-state index contributed by atoms with van der Waals surface area (Å²) in [4.78, 5) is 5.43. The van der Waals surface area contributed by atoms with Crippen LogP contribution in [-0.4, -0.2) is 43.2 Å². The molecule has 2 saturated heterocycles. The van der Waals surface area contributed by atoms with Crippen LogP contribution < -0.4 is 10.2 Å². The lowest BCUT2D eigenvalue weighted by Crippen LogP contribution is -2.50. The number of likely N-dealkylation sites (tertiary alicyclic amines) is 1. The van der Waals surface area contributed by atoms with Crippen LogP contribution in [-0.2, 0) is 6.54 Å². The van der Waals surface area contributed by atoms with E-state index in [1.807, 2.05) is 0 Å². The van der Waals surface area contributed by atoms with Crippen molar-refractivity contribution < 1.29 is 0 Å². The molecular weight excluding hydrogens is 330 g/mol. The van der Waals surface area contributed by atoms with Crippen LogP contribution in [0.15, 0.2) is 24.3 Å². The number of benzene rings is 1. The van der Waals surface area contributed by atoms with Crippen molar-refractivity contribution in [2.45, 2.75) is 82.8 Å². The first-order valence-corrected chi connectivity index (χ1v) is 11.6. The second-order valence-electron chi connectivity index (χ2n) is 9.78. The van der Waals surface area contributed by atoms with Gasteiger partial charge in [-0.3, -0.25) is 0 Å². The molecule has 5 rings (SSSR count). The molecule has 0 amide bonds. The minimum atomic E-state index is 0.656. The number of nitrogens with zero attached hydrogens (tertiary/aromatic N) is 2. The van der Waals surface area contributed by atoms with E-state index in [1.165, 1.54) is 102 Å². The standard InChI is InChI=1S/C24H37N3/c1-3-21(4-1)25-19-20-7-9-23(10-8-20)27-17-13-24(14-18-27)11-15-26(16-12-24)22-5-2-6-22/h7-10,21-22,25H,1-6,11-19H2. The van der Waals surface area contributed by atoms with Gasteiger partial charge in [-0.1, -0.05) is 25.0 Å². The molecular formula is C24H37N3. The summed E-state index contributed by atoms with van der Waals surface area (Å²) in [7, 11) is 0. The highest BCUT2D eigenvalue weighted by molar-refractivity contribution is 5.48. The normalized spacial score (nSPS) is 26.7. The van der Waals surface area contributed by atoms with Crippen molar-refractivity contribution in [2.75, 3.05) is 31.1 Å². The molecule has 1 N–H and O–H groups in total. The summed E-state index contributed by atoms with van der Waals surface area (Å²) in [6, 6.07) is 11.1. The zero-order valence-electron chi connectivity index (χ0n) is 17.0. The second-order valence-corrected chi connectivity index (χ2v) is 9.78. The number of hydrogen-bond donors (Lipinski definition) is 1. The predicted molar refractivity (Wildman–Crippen MR) is 113 cm³/mol. The van der Waals surface area contributed by atoms with Crippen LogP contribution in [0.2, 0.25) is 0 Å². The Morgan fingerprint density at radius 3 is 2.00 bits per heavy atom. The molecule has 0 atom stereocenters. The summed E-state index contributed by atoms with van der Waals surface area (Å²) < 4.78 is 0. The Morgan fingerprint density at radius 1 is 0.815 bits per heavy atom. The van der Waals surface area contributed by atoms with Gasteiger partial charge in [0.15, 0.2) is 0 Å². The van der Waals surface area contributed by atoms with E-state index in [1.54, 1.807) is 0 Å². The van der Waals surface area contributed by atoms with Crippen LogP contribution in [0.25, 0.3) is 0 Å². The van der Waals surface area contributed by atoms with E-state index < -0.39 is 0 Å². The number of nitrogens with one attached hydrogen (secondary N) is 1. The maximum atomic E-state index is 3.68. The summed E-state index contributed by atoms with van der Waals surface area (Å²) >= 11 is 0. The van der Waals surface area contributed by atoms with Crippen molar-refractivity contribution in [1.82, 2.24) is 10.2 Å². The third-order valence-electron chi connectivity index (χ3n) is 8.28. The van der Waals surface area contributed by atoms with Gasteiger partial charge < -0.3 is 15.1 Å². The van der Waals surface area contributed by atoms with E-state index in [4.69, 9.17) is 0 Å². The van der Waals surface area contributed by atoms with E-state index in [-0.39, 0.29) is 0 Å². The molecule has 2 aliphatic heterocycles. The molecule has 1 aromatic rings. The van der Waals surface area contributed by atoms with Gasteiger partial charge in [0.1, 0.15) is 0 Å². The Hall–Kier alpha value is -1.06. The first kappa shape index (κ1) is 18.0. The van der Waals surface area contributed by atoms with Crippen molar-refractivity contribution in [1.29, 1.82) is 0 Å². The quantitative estimate of drug-likeness (QED) is 0.823. The summed E-state index contributed by atoms with van der Waals surface area (Å²) in [6.45, 7) is 6.28. The zero-order chi connectivity index (χ0) is 18.1. The van der Waals surface area contributed by atoms with Crippen LogP contribution in [0, 0.1) is 5.41 Å². The zero-order valence-corrected chi connectivity index (χ0v) is 17.0. The fourth-order valence-corrected chi connectivity index (χ4v) is 5.55. The molecule has 0 bridgehead atoms. The van der Waals surface area contributed by atoms with E-state index in [9.17, 15) is 0 Å². The van der Waals surface area contributed by atoms with Crippen LogP contribution >= 0.6 is 0 Å². The molecule has 1 aromatic carbocycles. The molecule has 3 heteroatoms. The number of hydrogen-bond acceptors (Lipinski definition) is 3. The van der Waals surface area contributed by atoms with Gasteiger partial charge in [-0.05, 0) is 87.6 Å². The second kappa shape index (κ2) is 7.75. The van der Waals surface area contributed by atoms with Gasteiger partial charge in [0, 0.05) is 37.4 Å². The van der Waals surface area contributed by atoms with E-state index in [2.05, 4.69) is 39.4 Å². The van der Waals surface area contributed by atoms with E-state index >= 15 is 0 Å². The minimum absolute atomic E-state index is 0.656. The van der Waals surface area contributed by atoms with Crippen molar-refractivity contribution in [3.05, 3.63) is 29.8 Å². The lowest BCUT2D eigenvalue weighted by Gasteiger charge is -2.50. The summed E-state index contributed by atoms with van der Waals surface area (Å²) in [5.74, 6) is 0. The lowest BCUT2D eigenvalue weighted by atomic mass is 9.70. The first-order chi connectivity index (χ1) is 13.3.